The second kappa shape index (κ2) is 4.16. The molecule has 1 aromatic rings. The Balaban J connectivity index is 2.18. The standard InChI is InChI=1S/C16H17NO4/c1-8-4-5-9(2)12-11(8)13(18)17(14(12)19)16(3,15(20)21)10-6-7-10/h4-5,10H,6-7H2,1-3H3,(H,20,21). The van der Waals surface area contributed by atoms with Gasteiger partial charge >= 0.3 is 5.97 Å². The molecule has 110 valence electrons. The zero-order chi connectivity index (χ0) is 15.5. The lowest BCUT2D eigenvalue weighted by Crippen LogP contribution is -2.56. The number of imide groups is 1. The van der Waals surface area contributed by atoms with Gasteiger partial charge in [-0.15, -0.1) is 0 Å². The van der Waals surface area contributed by atoms with Crippen molar-refractivity contribution in [3.63, 3.8) is 0 Å². The molecule has 0 saturated heterocycles. The highest BCUT2D eigenvalue weighted by Crippen LogP contribution is 2.46. The summed E-state index contributed by atoms with van der Waals surface area (Å²) in [7, 11) is 0. The van der Waals surface area contributed by atoms with Gasteiger partial charge in [0.25, 0.3) is 11.8 Å². The Morgan fingerprint density at radius 2 is 1.57 bits per heavy atom. The molecule has 2 amide bonds. The summed E-state index contributed by atoms with van der Waals surface area (Å²) in [6.07, 6.45) is 1.46. The smallest absolute Gasteiger partial charge is 0.330 e. The summed E-state index contributed by atoms with van der Waals surface area (Å²) < 4.78 is 0. The Bertz CT molecular complexity index is 649. The number of amides is 2. The molecule has 1 atom stereocenters. The fourth-order valence-corrected chi connectivity index (χ4v) is 3.20. The molecule has 3 rings (SSSR count). The van der Waals surface area contributed by atoms with Gasteiger partial charge in [0.1, 0.15) is 5.54 Å². The molecule has 0 radical (unpaired) electrons. The first kappa shape index (κ1) is 13.8. The Morgan fingerprint density at radius 3 is 1.90 bits per heavy atom. The van der Waals surface area contributed by atoms with E-state index in [0.717, 1.165) is 17.7 Å². The number of carbonyl (C=O) groups excluding carboxylic acids is 2. The molecule has 0 aromatic heterocycles. The zero-order valence-electron chi connectivity index (χ0n) is 12.3. The number of rotatable bonds is 3. The average molecular weight is 287 g/mol. The summed E-state index contributed by atoms with van der Waals surface area (Å²) in [5, 5.41) is 9.61. The van der Waals surface area contributed by atoms with Crippen LogP contribution in [0.4, 0.5) is 0 Å². The average Bonchev–Trinajstić information content (AvgIpc) is 3.21. The Morgan fingerprint density at radius 1 is 1.14 bits per heavy atom. The van der Waals surface area contributed by atoms with E-state index in [9.17, 15) is 19.5 Å². The van der Waals surface area contributed by atoms with Gasteiger partial charge in [0.15, 0.2) is 0 Å². The lowest BCUT2D eigenvalue weighted by Gasteiger charge is -2.33. The van der Waals surface area contributed by atoms with E-state index in [1.165, 1.54) is 6.92 Å². The highest BCUT2D eigenvalue weighted by atomic mass is 16.4. The van der Waals surface area contributed by atoms with Gasteiger partial charge < -0.3 is 5.11 Å². The van der Waals surface area contributed by atoms with Crippen LogP contribution in [-0.2, 0) is 4.79 Å². The van der Waals surface area contributed by atoms with Crippen molar-refractivity contribution in [2.45, 2.75) is 39.2 Å². The topological polar surface area (TPSA) is 74.7 Å². The zero-order valence-corrected chi connectivity index (χ0v) is 12.3. The van der Waals surface area contributed by atoms with Crippen LogP contribution in [-0.4, -0.2) is 33.3 Å². The first-order chi connectivity index (χ1) is 9.80. The molecule has 1 fully saturated rings. The van der Waals surface area contributed by atoms with Crippen LogP contribution in [0.5, 0.6) is 0 Å². The fraction of sp³-hybridized carbons (Fsp3) is 0.438. The maximum absolute atomic E-state index is 12.7. The number of hydrogen-bond acceptors (Lipinski definition) is 3. The van der Waals surface area contributed by atoms with Crippen molar-refractivity contribution in [2.24, 2.45) is 5.92 Å². The van der Waals surface area contributed by atoms with Crippen LogP contribution in [0.15, 0.2) is 12.1 Å². The van der Waals surface area contributed by atoms with Gasteiger partial charge in [0.2, 0.25) is 0 Å². The number of aryl methyl sites for hydroxylation is 2. The van der Waals surface area contributed by atoms with Gasteiger partial charge in [-0.3, -0.25) is 14.5 Å². The molecule has 1 aliphatic carbocycles. The molecule has 0 bridgehead atoms. The normalized spacial score (nSPS) is 20.4. The third kappa shape index (κ3) is 1.66. The Hall–Kier alpha value is -2.17. The Labute approximate surface area is 122 Å². The number of carboxylic acid groups (broad SMARTS) is 1. The van der Waals surface area contributed by atoms with Crippen molar-refractivity contribution in [3.05, 3.63) is 34.4 Å². The third-order valence-electron chi connectivity index (χ3n) is 4.73. The van der Waals surface area contributed by atoms with Crippen LogP contribution >= 0.6 is 0 Å². The molecule has 1 aromatic carbocycles. The number of aliphatic carboxylic acids is 1. The molecule has 1 unspecified atom stereocenters. The van der Waals surface area contributed by atoms with Crippen molar-refractivity contribution >= 4 is 17.8 Å². The first-order valence-corrected chi connectivity index (χ1v) is 7.02. The van der Waals surface area contributed by atoms with Crippen LogP contribution in [0.1, 0.15) is 51.6 Å². The SMILES string of the molecule is Cc1ccc(C)c2c1C(=O)N(C(C)(C(=O)O)C1CC1)C2=O. The minimum absolute atomic E-state index is 0.155. The summed E-state index contributed by atoms with van der Waals surface area (Å²) in [5.41, 5.74) is 0.674. The predicted molar refractivity (Wildman–Crippen MR) is 75.2 cm³/mol. The van der Waals surface area contributed by atoms with E-state index in [4.69, 9.17) is 0 Å². The van der Waals surface area contributed by atoms with Gasteiger partial charge in [-0.1, -0.05) is 12.1 Å². The molecule has 0 spiro atoms. The first-order valence-electron chi connectivity index (χ1n) is 7.02. The van der Waals surface area contributed by atoms with Gasteiger partial charge in [0, 0.05) is 0 Å². The number of carbonyl (C=O) groups is 3. The van der Waals surface area contributed by atoms with Crippen molar-refractivity contribution in [1.82, 2.24) is 4.90 Å². The lowest BCUT2D eigenvalue weighted by molar-refractivity contribution is -0.148. The van der Waals surface area contributed by atoms with E-state index >= 15 is 0 Å². The lowest BCUT2D eigenvalue weighted by atomic mass is 9.93. The molecule has 1 N–H and O–H groups in total. The number of carboxylic acids is 1. The third-order valence-corrected chi connectivity index (χ3v) is 4.73. The Kier molecular flexibility index (Phi) is 2.74. The molecular formula is C16H17NO4. The molecular weight excluding hydrogens is 270 g/mol. The van der Waals surface area contributed by atoms with Crippen LogP contribution in [0.3, 0.4) is 0 Å². The van der Waals surface area contributed by atoms with Crippen molar-refractivity contribution < 1.29 is 19.5 Å². The summed E-state index contributed by atoms with van der Waals surface area (Å²) >= 11 is 0. The summed E-state index contributed by atoms with van der Waals surface area (Å²) in [6.45, 7) is 5.02. The van der Waals surface area contributed by atoms with Crippen LogP contribution in [0.25, 0.3) is 0 Å². The van der Waals surface area contributed by atoms with E-state index in [1.807, 2.05) is 0 Å². The molecule has 5 nitrogen and oxygen atoms in total. The summed E-state index contributed by atoms with van der Waals surface area (Å²) in [5.74, 6) is -2.23. The van der Waals surface area contributed by atoms with Gasteiger partial charge in [-0.2, -0.15) is 0 Å². The van der Waals surface area contributed by atoms with E-state index in [2.05, 4.69) is 0 Å². The van der Waals surface area contributed by atoms with Crippen LogP contribution in [0.2, 0.25) is 0 Å². The van der Waals surface area contributed by atoms with E-state index in [0.29, 0.717) is 22.3 Å². The predicted octanol–water partition coefficient (Wildman–Crippen LogP) is 2.15. The van der Waals surface area contributed by atoms with E-state index < -0.39 is 23.3 Å². The minimum Gasteiger partial charge on any atom is -0.479 e. The highest BCUT2D eigenvalue weighted by Gasteiger charge is 2.58. The number of nitrogens with zero attached hydrogens (tertiary/aromatic N) is 1. The second-order valence-corrected chi connectivity index (χ2v) is 6.12. The van der Waals surface area contributed by atoms with Crippen molar-refractivity contribution in [2.75, 3.05) is 0 Å². The fourth-order valence-electron chi connectivity index (χ4n) is 3.20. The van der Waals surface area contributed by atoms with Gasteiger partial charge in [-0.25, -0.2) is 4.79 Å². The van der Waals surface area contributed by atoms with E-state index in [-0.39, 0.29) is 5.92 Å². The summed E-state index contributed by atoms with van der Waals surface area (Å²) in [6, 6.07) is 3.58. The monoisotopic (exact) mass is 287 g/mol. The van der Waals surface area contributed by atoms with Crippen molar-refractivity contribution in [1.29, 1.82) is 0 Å². The van der Waals surface area contributed by atoms with Crippen LogP contribution in [0, 0.1) is 19.8 Å². The van der Waals surface area contributed by atoms with E-state index in [1.54, 1.807) is 26.0 Å². The minimum atomic E-state index is -1.45. The second-order valence-electron chi connectivity index (χ2n) is 6.12. The maximum atomic E-state index is 12.7. The van der Waals surface area contributed by atoms with Crippen LogP contribution < -0.4 is 0 Å². The van der Waals surface area contributed by atoms with Gasteiger partial charge in [-0.05, 0) is 50.7 Å². The highest BCUT2D eigenvalue weighted by molar-refractivity contribution is 6.24. The largest absolute Gasteiger partial charge is 0.479 e. The molecule has 1 aliphatic heterocycles. The molecule has 5 heteroatoms. The maximum Gasteiger partial charge on any atom is 0.330 e. The molecule has 1 heterocycles. The molecule has 2 aliphatic rings. The van der Waals surface area contributed by atoms with Crippen molar-refractivity contribution in [3.8, 4) is 0 Å². The number of benzene rings is 1. The number of hydrogen-bond donors (Lipinski definition) is 1. The number of fused-ring (bicyclic) bond motifs is 1. The quantitative estimate of drug-likeness (QED) is 0.864. The molecule has 21 heavy (non-hydrogen) atoms. The molecule has 1 saturated carbocycles. The van der Waals surface area contributed by atoms with Gasteiger partial charge in [0.05, 0.1) is 11.1 Å². The summed E-state index contributed by atoms with van der Waals surface area (Å²) in [4.78, 5) is 38.1.